The SMILES string of the molecule is NCC(=O)c1ccc(C(=O)NCc2ccc(C(=O)CCCOCCO)cc2)cc1. The second kappa shape index (κ2) is 11.9. The fraction of sp³-hybridized carbons (Fsp3) is 0.318. The van der Waals surface area contributed by atoms with Crippen molar-refractivity contribution < 1.29 is 24.2 Å². The molecule has 0 saturated heterocycles. The van der Waals surface area contributed by atoms with Gasteiger partial charge >= 0.3 is 0 Å². The predicted molar refractivity (Wildman–Crippen MR) is 109 cm³/mol. The predicted octanol–water partition coefficient (Wildman–Crippen LogP) is 1.73. The molecule has 2 aromatic rings. The lowest BCUT2D eigenvalue weighted by Gasteiger charge is -2.07. The number of Topliss-reactive ketones (excluding diaryl/α,β-unsaturated/α-hetero) is 2. The van der Waals surface area contributed by atoms with Crippen molar-refractivity contribution in [1.29, 1.82) is 0 Å². The molecule has 0 spiro atoms. The van der Waals surface area contributed by atoms with Gasteiger partial charge in [0.1, 0.15) is 0 Å². The standard InChI is InChI=1S/C22H26N2O5/c23-14-21(27)18-7-9-19(10-8-18)22(28)24-15-16-3-5-17(6-4-16)20(26)2-1-12-29-13-11-25/h3-10,25H,1-2,11-15,23H2,(H,24,28). The highest BCUT2D eigenvalue weighted by atomic mass is 16.5. The lowest BCUT2D eigenvalue weighted by atomic mass is 10.0. The molecule has 154 valence electrons. The van der Waals surface area contributed by atoms with Crippen molar-refractivity contribution in [3.63, 3.8) is 0 Å². The smallest absolute Gasteiger partial charge is 0.251 e. The summed E-state index contributed by atoms with van der Waals surface area (Å²) in [5.74, 6) is -0.399. The zero-order valence-corrected chi connectivity index (χ0v) is 16.2. The van der Waals surface area contributed by atoms with Gasteiger partial charge in [-0.15, -0.1) is 0 Å². The van der Waals surface area contributed by atoms with Gasteiger partial charge in [0, 0.05) is 36.3 Å². The van der Waals surface area contributed by atoms with E-state index in [1.54, 1.807) is 48.5 Å². The lowest BCUT2D eigenvalue weighted by molar-refractivity contribution is 0.0832. The van der Waals surface area contributed by atoms with Crippen molar-refractivity contribution in [3.05, 3.63) is 70.8 Å². The van der Waals surface area contributed by atoms with Crippen molar-refractivity contribution >= 4 is 17.5 Å². The second-order valence-electron chi connectivity index (χ2n) is 6.45. The van der Waals surface area contributed by atoms with E-state index in [4.69, 9.17) is 15.6 Å². The Balaban J connectivity index is 1.81. The summed E-state index contributed by atoms with van der Waals surface area (Å²) in [5.41, 5.74) is 7.73. The Morgan fingerprint density at radius 1 is 0.862 bits per heavy atom. The van der Waals surface area contributed by atoms with Crippen LogP contribution in [0, 0.1) is 0 Å². The maximum Gasteiger partial charge on any atom is 0.251 e. The molecule has 0 fully saturated rings. The number of ether oxygens (including phenoxy) is 1. The van der Waals surface area contributed by atoms with E-state index in [1.807, 2.05) is 0 Å². The molecule has 2 rings (SSSR count). The van der Waals surface area contributed by atoms with Gasteiger partial charge in [-0.3, -0.25) is 14.4 Å². The molecule has 0 radical (unpaired) electrons. The third-order valence-corrected chi connectivity index (χ3v) is 4.31. The van der Waals surface area contributed by atoms with Crippen LogP contribution in [0.25, 0.3) is 0 Å². The number of benzene rings is 2. The zero-order valence-electron chi connectivity index (χ0n) is 16.2. The van der Waals surface area contributed by atoms with Crippen LogP contribution >= 0.6 is 0 Å². The van der Waals surface area contributed by atoms with Gasteiger partial charge in [-0.05, 0) is 24.1 Å². The zero-order chi connectivity index (χ0) is 21.1. The van der Waals surface area contributed by atoms with E-state index in [-0.39, 0.29) is 37.2 Å². The molecule has 1 amide bonds. The Kier molecular flexibility index (Phi) is 9.17. The first kappa shape index (κ1) is 22.4. The minimum Gasteiger partial charge on any atom is -0.394 e. The summed E-state index contributed by atoms with van der Waals surface area (Å²) >= 11 is 0. The number of rotatable bonds is 12. The van der Waals surface area contributed by atoms with Gasteiger partial charge in [0.2, 0.25) is 0 Å². The van der Waals surface area contributed by atoms with Crippen LogP contribution < -0.4 is 11.1 Å². The number of ketones is 2. The summed E-state index contributed by atoms with van der Waals surface area (Å²) < 4.78 is 5.14. The first-order valence-corrected chi connectivity index (χ1v) is 9.47. The maximum atomic E-state index is 12.2. The number of aliphatic hydroxyl groups excluding tert-OH is 1. The molecule has 0 heterocycles. The van der Waals surface area contributed by atoms with Gasteiger partial charge < -0.3 is 20.9 Å². The van der Waals surface area contributed by atoms with Crippen molar-refractivity contribution in [1.82, 2.24) is 5.32 Å². The van der Waals surface area contributed by atoms with E-state index in [1.165, 1.54) is 0 Å². The number of nitrogens with one attached hydrogen (secondary N) is 1. The molecular weight excluding hydrogens is 372 g/mol. The van der Waals surface area contributed by atoms with Crippen LogP contribution in [-0.2, 0) is 11.3 Å². The van der Waals surface area contributed by atoms with Crippen LogP contribution in [0.3, 0.4) is 0 Å². The molecule has 4 N–H and O–H groups in total. The highest BCUT2D eigenvalue weighted by Gasteiger charge is 2.09. The van der Waals surface area contributed by atoms with Gasteiger partial charge in [0.25, 0.3) is 5.91 Å². The third kappa shape index (κ3) is 7.23. The number of carbonyl (C=O) groups is 3. The Morgan fingerprint density at radius 2 is 1.45 bits per heavy atom. The first-order valence-electron chi connectivity index (χ1n) is 9.47. The Bertz CT molecular complexity index is 816. The van der Waals surface area contributed by atoms with Gasteiger partial charge in [-0.1, -0.05) is 36.4 Å². The molecule has 7 nitrogen and oxygen atoms in total. The van der Waals surface area contributed by atoms with E-state index >= 15 is 0 Å². The molecule has 29 heavy (non-hydrogen) atoms. The van der Waals surface area contributed by atoms with Crippen LogP contribution in [0.4, 0.5) is 0 Å². The van der Waals surface area contributed by atoms with E-state index in [0.29, 0.717) is 42.7 Å². The van der Waals surface area contributed by atoms with Crippen LogP contribution in [0.1, 0.15) is 49.5 Å². The van der Waals surface area contributed by atoms with Crippen LogP contribution in [0.2, 0.25) is 0 Å². The molecule has 0 unspecified atom stereocenters. The van der Waals surface area contributed by atoms with Gasteiger partial charge in [-0.2, -0.15) is 0 Å². The third-order valence-electron chi connectivity index (χ3n) is 4.31. The minimum atomic E-state index is -0.250. The summed E-state index contributed by atoms with van der Waals surface area (Å²) in [4.78, 5) is 35.9. The average Bonchev–Trinajstić information content (AvgIpc) is 2.77. The fourth-order valence-corrected chi connectivity index (χ4v) is 2.66. The fourth-order valence-electron chi connectivity index (χ4n) is 2.66. The number of aliphatic hydroxyl groups is 1. The number of hydrogen-bond acceptors (Lipinski definition) is 6. The topological polar surface area (TPSA) is 119 Å². The van der Waals surface area contributed by atoms with E-state index in [0.717, 1.165) is 5.56 Å². The average molecular weight is 398 g/mol. The molecule has 0 bridgehead atoms. The van der Waals surface area contributed by atoms with Gasteiger partial charge in [0.05, 0.1) is 19.8 Å². The summed E-state index contributed by atoms with van der Waals surface area (Å²) in [7, 11) is 0. The highest BCUT2D eigenvalue weighted by Crippen LogP contribution is 2.10. The van der Waals surface area contributed by atoms with Crippen molar-refractivity contribution in [2.75, 3.05) is 26.4 Å². The van der Waals surface area contributed by atoms with Gasteiger partial charge in [-0.25, -0.2) is 0 Å². The number of hydrogen-bond donors (Lipinski definition) is 3. The summed E-state index contributed by atoms with van der Waals surface area (Å²) in [5, 5.41) is 11.4. The normalized spacial score (nSPS) is 10.6. The summed E-state index contributed by atoms with van der Waals surface area (Å²) in [6, 6.07) is 13.4. The van der Waals surface area contributed by atoms with E-state index < -0.39 is 0 Å². The van der Waals surface area contributed by atoms with E-state index in [2.05, 4.69) is 5.32 Å². The maximum absolute atomic E-state index is 12.2. The van der Waals surface area contributed by atoms with Crippen LogP contribution in [0.15, 0.2) is 48.5 Å². The van der Waals surface area contributed by atoms with Crippen LogP contribution in [-0.4, -0.2) is 48.9 Å². The van der Waals surface area contributed by atoms with Crippen molar-refractivity contribution in [3.8, 4) is 0 Å². The largest absolute Gasteiger partial charge is 0.394 e. The van der Waals surface area contributed by atoms with Gasteiger partial charge in [0.15, 0.2) is 11.6 Å². The molecule has 2 aromatic carbocycles. The second-order valence-corrected chi connectivity index (χ2v) is 6.45. The Morgan fingerprint density at radius 3 is 2.07 bits per heavy atom. The Labute approximate surface area is 169 Å². The molecule has 0 saturated carbocycles. The molecule has 7 heteroatoms. The quantitative estimate of drug-likeness (QED) is 0.370. The van der Waals surface area contributed by atoms with Crippen molar-refractivity contribution in [2.24, 2.45) is 5.73 Å². The molecule has 0 aliphatic rings. The minimum absolute atomic E-state index is 0.0226. The molecule has 0 aliphatic heterocycles. The van der Waals surface area contributed by atoms with Crippen LogP contribution in [0.5, 0.6) is 0 Å². The molecule has 0 aliphatic carbocycles. The number of amides is 1. The van der Waals surface area contributed by atoms with E-state index in [9.17, 15) is 14.4 Å². The monoisotopic (exact) mass is 398 g/mol. The first-order chi connectivity index (χ1) is 14.0. The number of nitrogens with two attached hydrogens (primary N) is 1. The molecule has 0 aromatic heterocycles. The Hall–Kier alpha value is -2.87. The van der Waals surface area contributed by atoms with Crippen molar-refractivity contribution in [2.45, 2.75) is 19.4 Å². The lowest BCUT2D eigenvalue weighted by Crippen LogP contribution is -2.23. The summed E-state index contributed by atoms with van der Waals surface area (Å²) in [6.45, 7) is 0.959. The highest BCUT2D eigenvalue weighted by molar-refractivity contribution is 5.99. The number of carbonyl (C=O) groups excluding carboxylic acids is 3. The molecular formula is C22H26N2O5. The summed E-state index contributed by atoms with van der Waals surface area (Å²) in [6.07, 6.45) is 0.983. The molecule has 0 atom stereocenters.